The van der Waals surface area contributed by atoms with E-state index < -0.39 is 16.8 Å². The lowest BCUT2D eigenvalue weighted by Crippen LogP contribution is -2.38. The number of aliphatic hydroxyl groups excluding tert-OH is 1. The quantitative estimate of drug-likeness (QED) is 0.608. The minimum atomic E-state index is -2.35. The Kier molecular flexibility index (Phi) is 1.97. The Hall–Kier alpha value is -0.0900. The number of aliphatic hydroxyl groups is 1. The zero-order valence-corrected chi connectivity index (χ0v) is 8.83. The lowest BCUT2D eigenvalue weighted by atomic mass is 9.76. The van der Waals surface area contributed by atoms with Gasteiger partial charge in [-0.25, -0.2) is 8.42 Å². The van der Waals surface area contributed by atoms with Gasteiger partial charge in [-0.05, 0) is 24.2 Å². The van der Waals surface area contributed by atoms with Gasteiger partial charge in [0.25, 0.3) is 0 Å². The van der Waals surface area contributed by atoms with E-state index in [0.29, 0.717) is 0 Å². The van der Waals surface area contributed by atoms with Crippen LogP contribution in [-0.2, 0) is 10.7 Å². The third-order valence-electron chi connectivity index (χ3n) is 4.19. The lowest BCUT2D eigenvalue weighted by molar-refractivity contribution is 0.0453. The van der Waals surface area contributed by atoms with Crippen molar-refractivity contribution in [3.63, 3.8) is 0 Å². The maximum Gasteiger partial charge on any atom is 0.143 e. The molecule has 0 saturated heterocycles. The summed E-state index contributed by atoms with van der Waals surface area (Å²) in [6.07, 6.45) is 1.22. The second kappa shape index (κ2) is 2.70. The van der Waals surface area contributed by atoms with E-state index in [4.69, 9.17) is 0 Å². The molecule has 0 heterocycles. The van der Waals surface area contributed by atoms with Crippen molar-refractivity contribution in [1.29, 1.82) is 0 Å². The standard InChI is InChI=1S/C9H16O3S/c1-5-8(10)6-3-9(5,2)4-7(6)13(11)12/h5-8,10,13H,3-4H2,1-2H3. The van der Waals surface area contributed by atoms with Crippen LogP contribution in [0, 0.1) is 17.3 Å². The average Bonchev–Trinajstić information content (AvgIpc) is 2.49. The molecule has 2 aliphatic rings. The molecule has 2 rings (SSSR count). The Morgan fingerprint density at radius 2 is 2.00 bits per heavy atom. The minimum absolute atomic E-state index is 0.00103. The summed E-state index contributed by atoms with van der Waals surface area (Å²) in [5.74, 6) is 0.254. The van der Waals surface area contributed by atoms with Crippen LogP contribution in [-0.4, -0.2) is 24.9 Å². The van der Waals surface area contributed by atoms with E-state index in [1.807, 2.05) is 6.92 Å². The number of hydrogen-bond donors (Lipinski definition) is 2. The van der Waals surface area contributed by atoms with Gasteiger partial charge >= 0.3 is 0 Å². The Labute approximate surface area is 80.1 Å². The fraction of sp³-hybridized carbons (Fsp3) is 1.00. The molecule has 5 atom stereocenters. The molecule has 0 aromatic carbocycles. The smallest absolute Gasteiger partial charge is 0.143 e. The van der Waals surface area contributed by atoms with Crippen LogP contribution in [0.2, 0.25) is 0 Å². The minimum Gasteiger partial charge on any atom is -0.392 e. The average molecular weight is 204 g/mol. The van der Waals surface area contributed by atoms with E-state index in [2.05, 4.69) is 6.92 Å². The van der Waals surface area contributed by atoms with Gasteiger partial charge in [0, 0.05) is 5.92 Å². The normalized spacial score (nSPS) is 54.8. The molecule has 2 aliphatic carbocycles. The third kappa shape index (κ3) is 1.15. The molecule has 0 aliphatic heterocycles. The highest BCUT2D eigenvalue weighted by Gasteiger charge is 2.58. The first-order valence-corrected chi connectivity index (χ1v) is 6.02. The zero-order chi connectivity index (χ0) is 9.80. The molecule has 76 valence electrons. The predicted molar refractivity (Wildman–Crippen MR) is 50.1 cm³/mol. The molecule has 3 nitrogen and oxygen atoms in total. The highest BCUT2D eigenvalue weighted by molar-refractivity contribution is 7.73. The van der Waals surface area contributed by atoms with E-state index in [9.17, 15) is 13.5 Å². The van der Waals surface area contributed by atoms with Gasteiger partial charge < -0.3 is 5.11 Å². The molecular formula is C9H16O3S. The van der Waals surface area contributed by atoms with Gasteiger partial charge in [-0.2, -0.15) is 0 Å². The number of thiol groups is 1. The van der Waals surface area contributed by atoms with Gasteiger partial charge in [-0.15, -0.1) is 0 Å². The molecule has 0 aromatic heterocycles. The molecule has 2 fully saturated rings. The number of fused-ring (bicyclic) bond motifs is 2. The van der Waals surface area contributed by atoms with Gasteiger partial charge in [-0.3, -0.25) is 0 Å². The maximum atomic E-state index is 10.9. The highest BCUT2D eigenvalue weighted by Crippen LogP contribution is 2.57. The third-order valence-corrected chi connectivity index (χ3v) is 5.30. The van der Waals surface area contributed by atoms with E-state index in [1.54, 1.807) is 0 Å². The van der Waals surface area contributed by atoms with Crippen molar-refractivity contribution in [2.24, 2.45) is 17.3 Å². The molecule has 0 amide bonds. The fourth-order valence-electron chi connectivity index (χ4n) is 3.12. The van der Waals surface area contributed by atoms with E-state index in [0.717, 1.165) is 12.8 Å². The van der Waals surface area contributed by atoms with Crippen molar-refractivity contribution in [1.82, 2.24) is 0 Å². The Balaban J connectivity index is 2.30. The SMILES string of the molecule is CC1C(O)C2CC1(C)CC2[SH](=O)=O. The molecule has 0 spiro atoms. The van der Waals surface area contributed by atoms with Crippen molar-refractivity contribution in [2.45, 2.75) is 38.0 Å². The van der Waals surface area contributed by atoms with E-state index >= 15 is 0 Å². The van der Waals surface area contributed by atoms with Crippen molar-refractivity contribution in [3.05, 3.63) is 0 Å². The molecule has 4 heteroatoms. The first-order valence-electron chi connectivity index (χ1n) is 4.77. The summed E-state index contributed by atoms with van der Waals surface area (Å²) in [6, 6.07) is 0. The van der Waals surface area contributed by atoms with Crippen molar-refractivity contribution < 1.29 is 13.5 Å². The Bertz CT molecular complexity index is 291. The second-order valence-corrected chi connectivity index (χ2v) is 6.09. The summed E-state index contributed by atoms with van der Waals surface area (Å²) < 4.78 is 21.8. The van der Waals surface area contributed by atoms with Crippen LogP contribution in [0.3, 0.4) is 0 Å². The Morgan fingerprint density at radius 3 is 2.38 bits per heavy atom. The molecule has 5 unspecified atom stereocenters. The fourth-order valence-corrected chi connectivity index (χ4v) is 4.28. The van der Waals surface area contributed by atoms with Crippen LogP contribution in [0.4, 0.5) is 0 Å². The molecule has 1 N–H and O–H groups in total. The van der Waals surface area contributed by atoms with Gasteiger partial charge in [0.1, 0.15) is 10.7 Å². The predicted octanol–water partition coefficient (Wildman–Crippen LogP) is 0.393. The van der Waals surface area contributed by atoms with Crippen LogP contribution in [0.15, 0.2) is 0 Å². The van der Waals surface area contributed by atoms with Crippen molar-refractivity contribution in [3.8, 4) is 0 Å². The van der Waals surface area contributed by atoms with Crippen LogP contribution >= 0.6 is 0 Å². The van der Waals surface area contributed by atoms with E-state index in [-0.39, 0.29) is 22.5 Å². The number of hydrogen-bond acceptors (Lipinski definition) is 3. The van der Waals surface area contributed by atoms with Gasteiger partial charge in [0.05, 0.1) is 11.4 Å². The number of rotatable bonds is 1. The second-order valence-electron chi connectivity index (χ2n) is 4.86. The van der Waals surface area contributed by atoms with Crippen LogP contribution in [0.25, 0.3) is 0 Å². The molecular weight excluding hydrogens is 188 g/mol. The van der Waals surface area contributed by atoms with Gasteiger partial charge in [0.2, 0.25) is 0 Å². The molecule has 0 radical (unpaired) electrons. The van der Waals surface area contributed by atoms with Crippen LogP contribution in [0.1, 0.15) is 26.7 Å². The van der Waals surface area contributed by atoms with Gasteiger partial charge in [-0.1, -0.05) is 13.8 Å². The maximum absolute atomic E-state index is 10.9. The topological polar surface area (TPSA) is 54.4 Å². The van der Waals surface area contributed by atoms with E-state index in [1.165, 1.54) is 0 Å². The summed E-state index contributed by atoms with van der Waals surface area (Å²) in [5, 5.41) is 9.53. The molecule has 13 heavy (non-hydrogen) atoms. The van der Waals surface area contributed by atoms with Crippen LogP contribution < -0.4 is 0 Å². The highest BCUT2D eigenvalue weighted by atomic mass is 32.2. The monoisotopic (exact) mass is 204 g/mol. The summed E-state index contributed by atoms with van der Waals surface area (Å²) in [7, 11) is -2.35. The molecule has 2 bridgehead atoms. The van der Waals surface area contributed by atoms with Crippen molar-refractivity contribution in [2.75, 3.05) is 0 Å². The summed E-state index contributed by atoms with van der Waals surface area (Å²) in [4.78, 5) is 0. The Morgan fingerprint density at radius 1 is 1.38 bits per heavy atom. The first-order chi connectivity index (χ1) is 5.96. The largest absolute Gasteiger partial charge is 0.392 e. The molecule has 2 saturated carbocycles. The van der Waals surface area contributed by atoms with Gasteiger partial charge in [0.15, 0.2) is 0 Å². The first kappa shape index (κ1) is 9.46. The van der Waals surface area contributed by atoms with Crippen molar-refractivity contribution >= 4 is 10.7 Å². The lowest BCUT2D eigenvalue weighted by Gasteiger charge is -2.33. The molecule has 0 aromatic rings. The van der Waals surface area contributed by atoms with Crippen LogP contribution in [0.5, 0.6) is 0 Å². The summed E-state index contributed by atoms with van der Waals surface area (Å²) in [6.45, 7) is 4.12. The summed E-state index contributed by atoms with van der Waals surface area (Å²) >= 11 is 0. The zero-order valence-electron chi connectivity index (χ0n) is 7.93. The summed E-state index contributed by atoms with van der Waals surface area (Å²) in [5.41, 5.74) is 0.0597.